The van der Waals surface area contributed by atoms with Crippen LogP contribution >= 0.6 is 0 Å². The zero-order valence-electron chi connectivity index (χ0n) is 22.3. The van der Waals surface area contributed by atoms with Gasteiger partial charge in [-0.05, 0) is 66.4 Å². The van der Waals surface area contributed by atoms with Crippen LogP contribution < -0.4 is 5.32 Å². The molecule has 2 aromatic carbocycles. The van der Waals surface area contributed by atoms with Gasteiger partial charge in [0.1, 0.15) is 0 Å². The molecule has 0 radical (unpaired) electrons. The van der Waals surface area contributed by atoms with E-state index in [1.807, 2.05) is 18.2 Å². The molecule has 4 nitrogen and oxygen atoms in total. The molecule has 0 unspecified atom stereocenters. The first-order valence-corrected chi connectivity index (χ1v) is 14.2. The third-order valence-electron chi connectivity index (χ3n) is 10.6. The van der Waals surface area contributed by atoms with E-state index >= 15 is 0 Å². The Labute approximate surface area is 221 Å². The normalized spacial score (nSPS) is 34.4. The summed E-state index contributed by atoms with van der Waals surface area (Å²) >= 11 is 0. The molecular formula is C33H40N2O2. The quantitative estimate of drug-likeness (QED) is 0.542. The van der Waals surface area contributed by atoms with Gasteiger partial charge in [0.2, 0.25) is 5.91 Å². The first-order valence-electron chi connectivity index (χ1n) is 14.2. The van der Waals surface area contributed by atoms with Crippen LogP contribution in [0.25, 0.3) is 0 Å². The van der Waals surface area contributed by atoms with Gasteiger partial charge >= 0.3 is 0 Å². The average Bonchev–Trinajstić information content (AvgIpc) is 3.27. The maximum absolute atomic E-state index is 14.4. The summed E-state index contributed by atoms with van der Waals surface area (Å²) in [6.07, 6.45) is 7.90. The van der Waals surface area contributed by atoms with Crippen molar-refractivity contribution < 1.29 is 9.59 Å². The molecule has 4 heteroatoms. The number of fused-ring (bicyclic) bond motifs is 5. The minimum absolute atomic E-state index is 0.0353. The zero-order chi connectivity index (χ0) is 25.6. The predicted octanol–water partition coefficient (Wildman–Crippen LogP) is 6.13. The average molecular weight is 497 g/mol. The van der Waals surface area contributed by atoms with Crippen LogP contribution in [-0.4, -0.2) is 23.1 Å². The predicted molar refractivity (Wildman–Crippen MR) is 146 cm³/mol. The summed E-state index contributed by atoms with van der Waals surface area (Å²) < 4.78 is 0. The Morgan fingerprint density at radius 1 is 0.892 bits per heavy atom. The van der Waals surface area contributed by atoms with Gasteiger partial charge in [0, 0.05) is 49.2 Å². The minimum atomic E-state index is 0.0353. The maximum atomic E-state index is 14.4. The summed E-state index contributed by atoms with van der Waals surface area (Å²) in [6.45, 7) is 7.05. The van der Waals surface area contributed by atoms with Gasteiger partial charge in [-0.2, -0.15) is 0 Å². The van der Waals surface area contributed by atoms with Crippen LogP contribution in [-0.2, 0) is 22.7 Å². The summed E-state index contributed by atoms with van der Waals surface area (Å²) in [7, 11) is 0. The first kappa shape index (κ1) is 24.5. The highest BCUT2D eigenvalue weighted by molar-refractivity contribution is 5.91. The lowest BCUT2D eigenvalue weighted by Crippen LogP contribution is -2.57. The molecular weight excluding hydrogens is 456 g/mol. The molecule has 2 aromatic rings. The second-order valence-corrected chi connectivity index (χ2v) is 12.5. The minimum Gasteiger partial charge on any atom is -0.387 e. The number of benzene rings is 2. The second-order valence-electron chi connectivity index (χ2n) is 12.5. The van der Waals surface area contributed by atoms with E-state index in [-0.39, 0.29) is 22.5 Å². The van der Waals surface area contributed by atoms with Crippen LogP contribution in [0.2, 0.25) is 0 Å². The number of piperidine rings is 1. The smallest absolute Gasteiger partial charge is 0.226 e. The molecule has 0 spiro atoms. The van der Waals surface area contributed by atoms with Gasteiger partial charge in [-0.1, -0.05) is 74.5 Å². The van der Waals surface area contributed by atoms with E-state index in [2.05, 4.69) is 72.6 Å². The first-order chi connectivity index (χ1) is 17.9. The number of rotatable bonds is 5. The lowest BCUT2D eigenvalue weighted by molar-refractivity contribution is -0.144. The standard InChI is InChI=1S/C33H40N2O2/c1-32-18-16-28-26(20-34-30-19-25(36)15-17-33(28,30)2)27(32)13-14-29(32)31(37)35(21-23-9-5-3-6-10-23)22-24-11-7-4-8-12-24/h3-12,19,26-29,34H,13-18,20-22H2,1-2H3/t26-,27-,28-,29+,32-,33+/m0/s1. The lowest BCUT2D eigenvalue weighted by Gasteiger charge is -2.58. The Hall–Kier alpha value is -2.88. The van der Waals surface area contributed by atoms with Crippen molar-refractivity contribution in [2.24, 2.45) is 34.5 Å². The fourth-order valence-electron chi connectivity index (χ4n) is 8.59. The number of ketones is 1. The molecule has 1 aliphatic heterocycles. The van der Waals surface area contributed by atoms with E-state index in [1.165, 1.54) is 16.8 Å². The van der Waals surface area contributed by atoms with E-state index in [4.69, 9.17) is 0 Å². The molecule has 1 saturated heterocycles. The molecule has 0 bridgehead atoms. The summed E-state index contributed by atoms with van der Waals surface area (Å²) in [4.78, 5) is 28.6. The van der Waals surface area contributed by atoms with E-state index in [1.54, 1.807) is 0 Å². The van der Waals surface area contributed by atoms with Gasteiger partial charge in [-0.15, -0.1) is 0 Å². The third-order valence-corrected chi connectivity index (χ3v) is 10.6. The number of allylic oxidation sites excluding steroid dienone is 2. The molecule has 194 valence electrons. The number of nitrogens with zero attached hydrogens (tertiary/aromatic N) is 1. The largest absolute Gasteiger partial charge is 0.387 e. The fourth-order valence-corrected chi connectivity index (χ4v) is 8.59. The van der Waals surface area contributed by atoms with Gasteiger partial charge in [-0.3, -0.25) is 9.59 Å². The van der Waals surface area contributed by atoms with E-state index in [9.17, 15) is 9.59 Å². The third kappa shape index (κ3) is 4.23. The van der Waals surface area contributed by atoms with Crippen LogP contribution in [0, 0.1) is 34.5 Å². The Kier molecular flexibility index (Phi) is 6.25. The topological polar surface area (TPSA) is 49.4 Å². The highest BCUT2D eigenvalue weighted by Crippen LogP contribution is 2.64. The summed E-state index contributed by atoms with van der Waals surface area (Å²) in [5, 5.41) is 3.70. The Morgan fingerprint density at radius 3 is 2.19 bits per heavy atom. The number of nitrogens with one attached hydrogen (secondary N) is 1. The Bertz CT molecular complexity index is 1150. The van der Waals surface area contributed by atoms with Gasteiger partial charge in [0.25, 0.3) is 0 Å². The molecule has 1 N–H and O–H groups in total. The summed E-state index contributed by atoms with van der Waals surface area (Å²) in [6, 6.07) is 20.8. The lowest BCUT2D eigenvalue weighted by atomic mass is 9.50. The number of hydrogen-bond donors (Lipinski definition) is 1. The van der Waals surface area contributed by atoms with Gasteiger partial charge in [0.05, 0.1) is 0 Å². The van der Waals surface area contributed by atoms with Crippen molar-refractivity contribution in [3.8, 4) is 0 Å². The van der Waals surface area contributed by atoms with Crippen molar-refractivity contribution in [2.45, 2.75) is 65.5 Å². The zero-order valence-corrected chi connectivity index (χ0v) is 22.3. The highest BCUT2D eigenvalue weighted by atomic mass is 16.2. The van der Waals surface area contributed by atoms with Crippen molar-refractivity contribution in [1.82, 2.24) is 10.2 Å². The molecule has 4 aliphatic rings. The highest BCUT2D eigenvalue weighted by Gasteiger charge is 2.60. The molecule has 6 atom stereocenters. The molecule has 37 heavy (non-hydrogen) atoms. The van der Waals surface area contributed by atoms with Crippen molar-refractivity contribution in [3.63, 3.8) is 0 Å². The van der Waals surface area contributed by atoms with E-state index in [0.717, 1.165) is 38.6 Å². The SMILES string of the molecule is C[C@]12CC[C@H]3[C@@H](CNC4=CC(=O)CC[C@@]43C)[C@@H]1CC[C@@H]2C(=O)N(Cc1ccccc1)Cc1ccccc1. The van der Waals surface area contributed by atoms with Crippen molar-refractivity contribution in [3.05, 3.63) is 83.6 Å². The Balaban J connectivity index is 1.26. The van der Waals surface area contributed by atoms with Crippen LogP contribution in [0.1, 0.15) is 63.5 Å². The molecule has 6 rings (SSSR count). The van der Waals surface area contributed by atoms with E-state index in [0.29, 0.717) is 43.2 Å². The molecule has 0 aromatic heterocycles. The molecule has 3 fully saturated rings. The molecule has 1 amide bonds. The summed E-state index contributed by atoms with van der Waals surface area (Å²) in [5.41, 5.74) is 3.66. The number of carbonyl (C=O) groups is 2. The van der Waals surface area contributed by atoms with Gasteiger partial charge in [0.15, 0.2) is 5.78 Å². The van der Waals surface area contributed by atoms with Gasteiger partial charge < -0.3 is 10.2 Å². The van der Waals surface area contributed by atoms with E-state index < -0.39 is 0 Å². The monoisotopic (exact) mass is 496 g/mol. The second kappa shape index (κ2) is 9.45. The molecule has 1 heterocycles. The van der Waals surface area contributed by atoms with Crippen LogP contribution in [0.4, 0.5) is 0 Å². The van der Waals surface area contributed by atoms with Crippen molar-refractivity contribution in [1.29, 1.82) is 0 Å². The number of amides is 1. The fraction of sp³-hybridized carbons (Fsp3) is 0.515. The summed E-state index contributed by atoms with van der Waals surface area (Å²) in [5.74, 6) is 2.40. The molecule has 3 aliphatic carbocycles. The van der Waals surface area contributed by atoms with Crippen LogP contribution in [0.5, 0.6) is 0 Å². The van der Waals surface area contributed by atoms with Crippen LogP contribution in [0.3, 0.4) is 0 Å². The number of carbonyl (C=O) groups excluding carboxylic acids is 2. The van der Waals surface area contributed by atoms with Gasteiger partial charge in [-0.25, -0.2) is 0 Å². The van der Waals surface area contributed by atoms with Crippen molar-refractivity contribution >= 4 is 11.7 Å². The molecule has 2 saturated carbocycles. The number of hydrogen-bond acceptors (Lipinski definition) is 3. The van der Waals surface area contributed by atoms with Crippen molar-refractivity contribution in [2.75, 3.05) is 6.54 Å². The van der Waals surface area contributed by atoms with Crippen LogP contribution in [0.15, 0.2) is 72.4 Å². The maximum Gasteiger partial charge on any atom is 0.226 e. The Morgan fingerprint density at radius 2 is 1.54 bits per heavy atom.